The van der Waals surface area contributed by atoms with Crippen molar-refractivity contribution in [3.05, 3.63) is 34.9 Å². The molecule has 0 aliphatic rings. The summed E-state index contributed by atoms with van der Waals surface area (Å²) in [6.45, 7) is 8.61. The largest absolute Gasteiger partial charge is 0.103 e. The molecule has 0 heterocycles. The van der Waals surface area contributed by atoms with E-state index >= 15 is 0 Å². The summed E-state index contributed by atoms with van der Waals surface area (Å²) in [5, 5.41) is 0. The van der Waals surface area contributed by atoms with Crippen molar-refractivity contribution in [3.63, 3.8) is 0 Å². The van der Waals surface area contributed by atoms with Crippen LogP contribution in [0.1, 0.15) is 37.0 Å². The third kappa shape index (κ3) is 3.80. The maximum atomic E-state index is 3.26. The molecule has 1 atom stereocenters. The van der Waals surface area contributed by atoms with Crippen molar-refractivity contribution in [3.8, 4) is 11.8 Å². The number of hydrogen-bond acceptors (Lipinski definition) is 0. The van der Waals surface area contributed by atoms with E-state index in [0.29, 0.717) is 5.92 Å². The number of rotatable bonds is 2. The van der Waals surface area contributed by atoms with Gasteiger partial charge in [0.05, 0.1) is 0 Å². The third-order valence-corrected chi connectivity index (χ3v) is 2.64. The Morgan fingerprint density at radius 3 is 2.53 bits per heavy atom. The zero-order chi connectivity index (χ0) is 11.3. The number of benzene rings is 1. The first kappa shape index (κ1) is 11.9. The fourth-order valence-electron chi connectivity index (χ4n) is 1.61. The maximum Gasteiger partial charge on any atom is 0.0214 e. The van der Waals surface area contributed by atoms with E-state index < -0.39 is 0 Å². The van der Waals surface area contributed by atoms with E-state index in [4.69, 9.17) is 0 Å². The van der Waals surface area contributed by atoms with E-state index in [2.05, 4.69) is 57.7 Å². The Hall–Kier alpha value is -1.22. The fraction of sp³-hybridized carbons (Fsp3) is 0.467. The lowest BCUT2D eigenvalue weighted by Crippen LogP contribution is -1.97. The van der Waals surface area contributed by atoms with Gasteiger partial charge in [-0.15, -0.1) is 5.92 Å². The second-order valence-electron chi connectivity index (χ2n) is 4.20. The average Bonchev–Trinajstić information content (AvgIpc) is 2.20. The Kier molecular flexibility index (Phi) is 4.43. The lowest BCUT2D eigenvalue weighted by Gasteiger charge is -2.07. The van der Waals surface area contributed by atoms with Gasteiger partial charge in [0.2, 0.25) is 0 Å². The summed E-state index contributed by atoms with van der Waals surface area (Å²) in [6.07, 6.45) is 2.02. The molecule has 0 radical (unpaired) electrons. The standard InChI is InChI=1S/C15H20/c1-5-6-7-12(2)10-15-9-8-13(3)14(4)11-15/h8-9,11-12H,5,10H2,1-4H3. The minimum atomic E-state index is 0.465. The first-order valence-corrected chi connectivity index (χ1v) is 5.68. The van der Waals surface area contributed by atoms with Gasteiger partial charge in [0.15, 0.2) is 0 Å². The normalized spacial score (nSPS) is 11.7. The molecule has 0 N–H and O–H groups in total. The van der Waals surface area contributed by atoms with Crippen LogP contribution < -0.4 is 0 Å². The maximum absolute atomic E-state index is 3.26. The topological polar surface area (TPSA) is 0 Å². The summed E-state index contributed by atoms with van der Waals surface area (Å²) in [4.78, 5) is 0. The van der Waals surface area contributed by atoms with Gasteiger partial charge in [0.1, 0.15) is 0 Å². The molecule has 1 aromatic carbocycles. The third-order valence-electron chi connectivity index (χ3n) is 2.64. The summed E-state index contributed by atoms with van der Waals surface area (Å²) in [5.41, 5.74) is 4.14. The van der Waals surface area contributed by atoms with Crippen molar-refractivity contribution in [2.75, 3.05) is 0 Å². The van der Waals surface area contributed by atoms with E-state index in [-0.39, 0.29) is 0 Å². The molecule has 0 nitrogen and oxygen atoms in total. The summed E-state index contributed by atoms with van der Waals surface area (Å²) < 4.78 is 0. The lowest BCUT2D eigenvalue weighted by atomic mass is 9.98. The van der Waals surface area contributed by atoms with Gasteiger partial charge in [0, 0.05) is 12.3 Å². The van der Waals surface area contributed by atoms with Crippen LogP contribution in [-0.2, 0) is 6.42 Å². The Morgan fingerprint density at radius 2 is 1.93 bits per heavy atom. The van der Waals surface area contributed by atoms with Gasteiger partial charge in [-0.05, 0) is 37.0 Å². The van der Waals surface area contributed by atoms with Crippen molar-refractivity contribution in [2.24, 2.45) is 5.92 Å². The van der Waals surface area contributed by atoms with Crippen LogP contribution in [0.5, 0.6) is 0 Å². The van der Waals surface area contributed by atoms with Gasteiger partial charge in [-0.2, -0.15) is 0 Å². The SMILES string of the molecule is CCC#CC(C)Cc1ccc(C)c(C)c1. The Bertz CT molecular complexity index is 377. The molecule has 0 saturated heterocycles. The molecule has 0 aliphatic carbocycles. The summed E-state index contributed by atoms with van der Waals surface area (Å²) >= 11 is 0. The second-order valence-corrected chi connectivity index (χ2v) is 4.20. The predicted molar refractivity (Wildman–Crippen MR) is 66.9 cm³/mol. The van der Waals surface area contributed by atoms with Crippen LogP contribution in [0.4, 0.5) is 0 Å². The number of hydrogen-bond donors (Lipinski definition) is 0. The van der Waals surface area contributed by atoms with E-state index in [1.807, 2.05) is 0 Å². The van der Waals surface area contributed by atoms with E-state index in [9.17, 15) is 0 Å². The lowest BCUT2D eigenvalue weighted by molar-refractivity contribution is 0.748. The molecule has 0 aromatic heterocycles. The summed E-state index contributed by atoms with van der Waals surface area (Å²) in [5.74, 6) is 6.87. The molecule has 1 rings (SSSR count). The number of aryl methyl sites for hydroxylation is 2. The summed E-state index contributed by atoms with van der Waals surface area (Å²) in [6, 6.07) is 6.69. The second kappa shape index (κ2) is 5.61. The molecule has 0 amide bonds. The predicted octanol–water partition coefficient (Wildman–Crippen LogP) is 3.90. The zero-order valence-corrected chi connectivity index (χ0v) is 10.2. The van der Waals surface area contributed by atoms with Crippen LogP contribution in [0.2, 0.25) is 0 Å². The van der Waals surface area contributed by atoms with Crippen LogP contribution in [0.3, 0.4) is 0 Å². The molecule has 80 valence electrons. The molecule has 0 heteroatoms. The zero-order valence-electron chi connectivity index (χ0n) is 10.2. The Labute approximate surface area is 93.7 Å². The van der Waals surface area contributed by atoms with Crippen molar-refractivity contribution < 1.29 is 0 Å². The Morgan fingerprint density at radius 1 is 1.20 bits per heavy atom. The molecule has 15 heavy (non-hydrogen) atoms. The van der Waals surface area contributed by atoms with E-state index in [1.54, 1.807) is 0 Å². The van der Waals surface area contributed by atoms with Gasteiger partial charge in [-0.3, -0.25) is 0 Å². The molecule has 1 unspecified atom stereocenters. The van der Waals surface area contributed by atoms with Gasteiger partial charge in [-0.25, -0.2) is 0 Å². The first-order valence-electron chi connectivity index (χ1n) is 5.68. The smallest absolute Gasteiger partial charge is 0.0214 e. The fourth-order valence-corrected chi connectivity index (χ4v) is 1.61. The van der Waals surface area contributed by atoms with Crippen LogP contribution in [0.15, 0.2) is 18.2 Å². The van der Waals surface area contributed by atoms with Crippen molar-refractivity contribution in [1.29, 1.82) is 0 Å². The van der Waals surface area contributed by atoms with E-state index in [1.165, 1.54) is 16.7 Å². The molecule has 0 saturated carbocycles. The van der Waals surface area contributed by atoms with Crippen molar-refractivity contribution in [1.82, 2.24) is 0 Å². The monoisotopic (exact) mass is 200 g/mol. The quantitative estimate of drug-likeness (QED) is 0.635. The van der Waals surface area contributed by atoms with Crippen LogP contribution in [0.25, 0.3) is 0 Å². The highest BCUT2D eigenvalue weighted by Gasteiger charge is 2.01. The van der Waals surface area contributed by atoms with Gasteiger partial charge < -0.3 is 0 Å². The van der Waals surface area contributed by atoms with Crippen molar-refractivity contribution in [2.45, 2.75) is 40.5 Å². The molecule has 0 fully saturated rings. The highest BCUT2D eigenvalue weighted by Crippen LogP contribution is 2.13. The van der Waals surface area contributed by atoms with Gasteiger partial charge in [-0.1, -0.05) is 38.0 Å². The van der Waals surface area contributed by atoms with Crippen LogP contribution >= 0.6 is 0 Å². The molecule has 0 spiro atoms. The molecular formula is C15H20. The van der Waals surface area contributed by atoms with Crippen molar-refractivity contribution >= 4 is 0 Å². The van der Waals surface area contributed by atoms with Gasteiger partial charge >= 0.3 is 0 Å². The minimum absolute atomic E-state index is 0.465. The minimum Gasteiger partial charge on any atom is -0.103 e. The Balaban J connectivity index is 2.68. The highest BCUT2D eigenvalue weighted by molar-refractivity contribution is 5.30. The molecule has 1 aromatic rings. The molecule has 0 bridgehead atoms. The van der Waals surface area contributed by atoms with Crippen LogP contribution in [0, 0.1) is 31.6 Å². The average molecular weight is 200 g/mol. The highest BCUT2D eigenvalue weighted by atomic mass is 14.1. The molecular weight excluding hydrogens is 180 g/mol. The van der Waals surface area contributed by atoms with Crippen LogP contribution in [-0.4, -0.2) is 0 Å². The van der Waals surface area contributed by atoms with E-state index in [0.717, 1.165) is 12.8 Å². The first-order chi connectivity index (χ1) is 7.13. The summed E-state index contributed by atoms with van der Waals surface area (Å²) in [7, 11) is 0. The molecule has 0 aliphatic heterocycles. The van der Waals surface area contributed by atoms with Gasteiger partial charge in [0.25, 0.3) is 0 Å².